The molecule has 1 saturated heterocycles. The van der Waals surface area contributed by atoms with E-state index < -0.39 is 20.7 Å². The Labute approximate surface area is 140 Å². The van der Waals surface area contributed by atoms with E-state index in [2.05, 4.69) is 0 Å². The Kier molecular flexibility index (Phi) is 4.62. The highest BCUT2D eigenvalue weighted by Gasteiger charge is 2.35. The van der Waals surface area contributed by atoms with Gasteiger partial charge in [0.1, 0.15) is 10.7 Å². The third kappa shape index (κ3) is 3.22. The van der Waals surface area contributed by atoms with E-state index in [0.29, 0.717) is 13.1 Å². The second kappa shape index (κ2) is 6.37. The Balaban J connectivity index is 1.71. The van der Waals surface area contributed by atoms with Crippen molar-refractivity contribution in [2.45, 2.75) is 24.2 Å². The van der Waals surface area contributed by atoms with Crippen molar-refractivity contribution in [3.05, 3.63) is 29.0 Å². The van der Waals surface area contributed by atoms with Gasteiger partial charge in [0.05, 0.1) is 0 Å². The largest absolute Gasteiger partial charge is 0.340 e. The fraction of sp³-hybridized carbons (Fsp3) is 0.533. The molecule has 2 aliphatic rings. The molecule has 0 atom stereocenters. The van der Waals surface area contributed by atoms with Crippen molar-refractivity contribution in [3.8, 4) is 0 Å². The summed E-state index contributed by atoms with van der Waals surface area (Å²) < 4.78 is 40.2. The maximum Gasteiger partial charge on any atom is 0.246 e. The number of piperazine rings is 1. The number of sulfonamides is 1. The molecule has 1 amide bonds. The predicted molar refractivity (Wildman–Crippen MR) is 84.1 cm³/mol. The summed E-state index contributed by atoms with van der Waals surface area (Å²) in [5.74, 6) is -0.604. The van der Waals surface area contributed by atoms with E-state index in [1.165, 1.54) is 10.4 Å². The molecule has 1 heterocycles. The molecule has 8 heteroatoms. The van der Waals surface area contributed by atoms with Crippen molar-refractivity contribution < 1.29 is 17.6 Å². The lowest BCUT2D eigenvalue weighted by Crippen LogP contribution is -2.52. The lowest BCUT2D eigenvalue weighted by molar-refractivity contribution is -0.139. The minimum Gasteiger partial charge on any atom is -0.340 e. The third-order valence-electron chi connectivity index (χ3n) is 4.52. The average molecular weight is 361 g/mol. The molecule has 0 aromatic heterocycles. The summed E-state index contributed by atoms with van der Waals surface area (Å²) >= 11 is 5.78. The van der Waals surface area contributed by atoms with Crippen LogP contribution in [0.1, 0.15) is 19.3 Å². The van der Waals surface area contributed by atoms with Gasteiger partial charge >= 0.3 is 0 Å². The van der Waals surface area contributed by atoms with Crippen molar-refractivity contribution in [1.29, 1.82) is 0 Å². The zero-order valence-corrected chi connectivity index (χ0v) is 14.1. The summed E-state index contributed by atoms with van der Waals surface area (Å²) in [6, 6.07) is 3.48. The van der Waals surface area contributed by atoms with E-state index in [9.17, 15) is 17.6 Å². The van der Waals surface area contributed by atoms with E-state index >= 15 is 0 Å². The van der Waals surface area contributed by atoms with E-state index in [1.807, 2.05) is 0 Å². The quantitative estimate of drug-likeness (QED) is 0.829. The highest BCUT2D eigenvalue weighted by molar-refractivity contribution is 7.89. The van der Waals surface area contributed by atoms with Crippen molar-refractivity contribution in [3.63, 3.8) is 0 Å². The number of benzene rings is 1. The summed E-state index contributed by atoms with van der Waals surface area (Å²) in [4.78, 5) is 13.5. The Morgan fingerprint density at radius 2 is 1.83 bits per heavy atom. The van der Waals surface area contributed by atoms with Crippen LogP contribution in [0.5, 0.6) is 0 Å². The smallest absolute Gasteiger partial charge is 0.246 e. The van der Waals surface area contributed by atoms with Crippen LogP contribution in [-0.4, -0.2) is 49.7 Å². The van der Waals surface area contributed by atoms with Crippen LogP contribution in [0.15, 0.2) is 23.1 Å². The maximum absolute atomic E-state index is 13.9. The number of carbonyl (C=O) groups is 1. The second-order valence-corrected chi connectivity index (χ2v) is 8.27. The summed E-state index contributed by atoms with van der Waals surface area (Å²) in [5.41, 5.74) is 0. The van der Waals surface area contributed by atoms with E-state index in [4.69, 9.17) is 11.6 Å². The molecule has 0 N–H and O–H groups in total. The number of amides is 1. The normalized spacial score (nSPS) is 20.3. The SMILES string of the molecule is O=C(C1CCC1)N1CCN(S(=O)(=O)c2cc(Cl)ccc2F)CC1. The number of hydrogen-bond acceptors (Lipinski definition) is 3. The van der Waals surface area contributed by atoms with Gasteiger partial charge in [-0.2, -0.15) is 4.31 Å². The Morgan fingerprint density at radius 3 is 2.39 bits per heavy atom. The molecule has 3 rings (SSSR count). The summed E-state index contributed by atoms with van der Waals surface area (Å²) in [6.45, 7) is 1.03. The summed E-state index contributed by atoms with van der Waals surface area (Å²) in [5, 5.41) is 0.170. The maximum atomic E-state index is 13.9. The van der Waals surface area contributed by atoms with Gasteiger partial charge < -0.3 is 4.90 Å². The van der Waals surface area contributed by atoms with Gasteiger partial charge in [-0.15, -0.1) is 0 Å². The monoisotopic (exact) mass is 360 g/mol. The zero-order chi connectivity index (χ0) is 16.6. The van der Waals surface area contributed by atoms with Gasteiger partial charge in [-0.05, 0) is 31.0 Å². The first-order valence-corrected chi connectivity index (χ1v) is 9.45. The fourth-order valence-electron chi connectivity index (χ4n) is 2.88. The van der Waals surface area contributed by atoms with Gasteiger partial charge in [0.2, 0.25) is 15.9 Å². The van der Waals surface area contributed by atoms with Crippen molar-refractivity contribution in [2.75, 3.05) is 26.2 Å². The topological polar surface area (TPSA) is 57.7 Å². The van der Waals surface area contributed by atoms with Crippen LogP contribution < -0.4 is 0 Å². The fourth-order valence-corrected chi connectivity index (χ4v) is 4.63. The van der Waals surface area contributed by atoms with Gasteiger partial charge in [-0.1, -0.05) is 18.0 Å². The Bertz CT molecular complexity index is 713. The van der Waals surface area contributed by atoms with E-state index in [-0.39, 0.29) is 29.9 Å². The summed E-state index contributed by atoms with van der Waals surface area (Å²) in [6.07, 6.45) is 2.93. The van der Waals surface area contributed by atoms with Gasteiger partial charge in [-0.3, -0.25) is 4.79 Å². The number of carbonyl (C=O) groups excluding carboxylic acids is 1. The number of hydrogen-bond donors (Lipinski definition) is 0. The van der Waals surface area contributed by atoms with Crippen molar-refractivity contribution >= 4 is 27.5 Å². The molecule has 1 aromatic carbocycles. The van der Waals surface area contributed by atoms with E-state index in [1.54, 1.807) is 4.90 Å². The molecule has 0 radical (unpaired) electrons. The molecule has 1 aliphatic carbocycles. The zero-order valence-electron chi connectivity index (χ0n) is 12.5. The third-order valence-corrected chi connectivity index (χ3v) is 6.66. The number of rotatable bonds is 3. The lowest BCUT2D eigenvalue weighted by Gasteiger charge is -2.37. The Hall–Kier alpha value is -1.18. The highest BCUT2D eigenvalue weighted by Crippen LogP contribution is 2.29. The molecule has 0 bridgehead atoms. The summed E-state index contributed by atoms with van der Waals surface area (Å²) in [7, 11) is -3.94. The first-order chi connectivity index (χ1) is 10.9. The van der Waals surface area contributed by atoms with Gasteiger partial charge in [0.15, 0.2) is 0 Å². The van der Waals surface area contributed by atoms with Gasteiger partial charge in [0.25, 0.3) is 0 Å². The first kappa shape index (κ1) is 16.7. The van der Waals surface area contributed by atoms with Crippen LogP contribution in [0.4, 0.5) is 4.39 Å². The van der Waals surface area contributed by atoms with Crippen LogP contribution in [0.25, 0.3) is 0 Å². The second-order valence-electron chi connectivity index (χ2n) is 5.93. The van der Waals surface area contributed by atoms with Crippen molar-refractivity contribution in [1.82, 2.24) is 9.21 Å². The minimum atomic E-state index is -3.94. The van der Waals surface area contributed by atoms with Crippen LogP contribution in [-0.2, 0) is 14.8 Å². The number of nitrogens with zero attached hydrogens (tertiary/aromatic N) is 2. The van der Waals surface area contributed by atoms with Crippen LogP contribution in [0, 0.1) is 11.7 Å². The lowest BCUT2D eigenvalue weighted by atomic mass is 9.84. The molecule has 126 valence electrons. The number of halogens is 2. The molecular formula is C15H18ClFN2O3S. The standard InChI is InChI=1S/C15H18ClFN2O3S/c16-12-4-5-13(17)14(10-12)23(21,22)19-8-6-18(7-9-19)15(20)11-2-1-3-11/h4-5,10-11H,1-3,6-9H2. The molecule has 2 fully saturated rings. The molecule has 1 aliphatic heterocycles. The molecule has 0 spiro atoms. The highest BCUT2D eigenvalue weighted by atomic mass is 35.5. The molecular weight excluding hydrogens is 343 g/mol. The van der Waals surface area contributed by atoms with E-state index in [0.717, 1.165) is 31.4 Å². The van der Waals surface area contributed by atoms with Crippen molar-refractivity contribution in [2.24, 2.45) is 5.92 Å². The molecule has 23 heavy (non-hydrogen) atoms. The predicted octanol–water partition coefficient (Wildman–Crippen LogP) is 2.11. The minimum absolute atomic E-state index is 0.100. The Morgan fingerprint density at radius 1 is 1.17 bits per heavy atom. The van der Waals surface area contributed by atoms with Crippen LogP contribution in [0.2, 0.25) is 5.02 Å². The van der Waals surface area contributed by atoms with Gasteiger partial charge in [0, 0.05) is 37.1 Å². The van der Waals surface area contributed by atoms with Crippen LogP contribution in [0.3, 0.4) is 0 Å². The van der Waals surface area contributed by atoms with Crippen LogP contribution >= 0.6 is 11.6 Å². The molecule has 1 saturated carbocycles. The molecule has 5 nitrogen and oxygen atoms in total. The molecule has 1 aromatic rings. The average Bonchev–Trinajstić information content (AvgIpc) is 2.48. The first-order valence-electron chi connectivity index (χ1n) is 7.63. The molecule has 0 unspecified atom stereocenters. The van der Waals surface area contributed by atoms with Gasteiger partial charge in [-0.25, -0.2) is 12.8 Å².